The molecule has 112 valence electrons. The van der Waals surface area contributed by atoms with Gasteiger partial charge >= 0.3 is 0 Å². The summed E-state index contributed by atoms with van der Waals surface area (Å²) in [5, 5.41) is 0. The normalized spacial score (nSPS) is 10.5. The second-order valence-electron chi connectivity index (χ2n) is 4.89. The molecule has 0 bridgehead atoms. The molecular formula is C16H19BrN2O2. The molecule has 1 aromatic heterocycles. The third-order valence-electron chi connectivity index (χ3n) is 3.19. The van der Waals surface area contributed by atoms with Crippen LogP contribution in [0.4, 0.5) is 0 Å². The van der Waals surface area contributed by atoms with Gasteiger partial charge in [-0.05, 0) is 46.6 Å². The minimum Gasteiger partial charge on any atom is -0.494 e. The largest absolute Gasteiger partial charge is 0.494 e. The van der Waals surface area contributed by atoms with Gasteiger partial charge in [-0.15, -0.1) is 0 Å². The lowest BCUT2D eigenvalue weighted by molar-refractivity contribution is 0.0775. The van der Waals surface area contributed by atoms with Crippen molar-refractivity contribution in [2.75, 3.05) is 13.7 Å². The van der Waals surface area contributed by atoms with Crippen LogP contribution in [0.15, 0.2) is 41.0 Å². The Bertz CT molecular complexity index is 620. The third kappa shape index (κ3) is 3.88. The monoisotopic (exact) mass is 350 g/mol. The molecule has 0 radical (unpaired) electrons. The summed E-state index contributed by atoms with van der Waals surface area (Å²) in [5.74, 6) is 0.846. The molecule has 0 unspecified atom stereocenters. The van der Waals surface area contributed by atoms with Crippen LogP contribution in [0.25, 0.3) is 0 Å². The van der Waals surface area contributed by atoms with Crippen molar-refractivity contribution in [3.8, 4) is 5.75 Å². The van der Waals surface area contributed by atoms with Crippen molar-refractivity contribution in [3.63, 3.8) is 0 Å². The van der Waals surface area contributed by atoms with E-state index in [1.54, 1.807) is 11.9 Å². The summed E-state index contributed by atoms with van der Waals surface area (Å²) in [5.41, 5.74) is 1.73. The molecule has 0 atom stereocenters. The number of carbonyl (C=O) groups is 1. The SMILES string of the molecule is CCOc1ccc(CN(C)C(=O)c2cc(Br)cn2C)cc1. The van der Waals surface area contributed by atoms with Crippen molar-refractivity contribution in [2.45, 2.75) is 13.5 Å². The average molecular weight is 351 g/mol. The van der Waals surface area contributed by atoms with Crippen LogP contribution in [0.2, 0.25) is 0 Å². The zero-order chi connectivity index (χ0) is 15.4. The highest BCUT2D eigenvalue weighted by atomic mass is 79.9. The summed E-state index contributed by atoms with van der Waals surface area (Å²) < 4.78 is 8.14. The summed E-state index contributed by atoms with van der Waals surface area (Å²) in [4.78, 5) is 14.1. The number of ether oxygens (including phenoxy) is 1. The molecule has 0 saturated carbocycles. The van der Waals surface area contributed by atoms with Crippen LogP contribution in [-0.4, -0.2) is 29.0 Å². The fraction of sp³-hybridized carbons (Fsp3) is 0.312. The number of amides is 1. The number of aryl methyl sites for hydroxylation is 1. The Morgan fingerprint density at radius 1 is 1.33 bits per heavy atom. The van der Waals surface area contributed by atoms with Crippen molar-refractivity contribution < 1.29 is 9.53 Å². The third-order valence-corrected chi connectivity index (χ3v) is 3.63. The van der Waals surface area contributed by atoms with Gasteiger partial charge in [0.25, 0.3) is 5.91 Å². The first kappa shape index (κ1) is 15.6. The first-order valence-electron chi connectivity index (χ1n) is 6.80. The fourth-order valence-corrected chi connectivity index (χ4v) is 2.66. The molecule has 1 aromatic carbocycles. The molecule has 0 spiro atoms. The van der Waals surface area contributed by atoms with E-state index in [4.69, 9.17) is 4.74 Å². The van der Waals surface area contributed by atoms with Crippen LogP contribution in [0.5, 0.6) is 5.75 Å². The molecule has 4 nitrogen and oxygen atoms in total. The van der Waals surface area contributed by atoms with Gasteiger partial charge in [-0.25, -0.2) is 0 Å². The zero-order valence-corrected chi connectivity index (χ0v) is 14.1. The first-order valence-corrected chi connectivity index (χ1v) is 7.59. The van der Waals surface area contributed by atoms with E-state index >= 15 is 0 Å². The van der Waals surface area contributed by atoms with Gasteiger partial charge in [0.15, 0.2) is 0 Å². The lowest BCUT2D eigenvalue weighted by Gasteiger charge is -2.17. The topological polar surface area (TPSA) is 34.5 Å². The Morgan fingerprint density at radius 2 is 2.00 bits per heavy atom. The van der Waals surface area contributed by atoms with Crippen molar-refractivity contribution in [2.24, 2.45) is 7.05 Å². The predicted octanol–water partition coefficient (Wildman–Crippen LogP) is 3.46. The Kier molecular flexibility index (Phi) is 5.07. The average Bonchev–Trinajstić information content (AvgIpc) is 2.79. The molecule has 0 saturated heterocycles. The number of halogens is 1. The fourth-order valence-electron chi connectivity index (χ4n) is 2.14. The molecule has 0 N–H and O–H groups in total. The lowest BCUT2D eigenvalue weighted by Crippen LogP contribution is -2.27. The van der Waals surface area contributed by atoms with Crippen LogP contribution in [0.1, 0.15) is 23.0 Å². The van der Waals surface area contributed by atoms with Gasteiger partial charge in [0, 0.05) is 31.3 Å². The number of rotatable bonds is 5. The maximum atomic E-state index is 12.4. The second kappa shape index (κ2) is 6.80. The van der Waals surface area contributed by atoms with E-state index in [1.165, 1.54) is 0 Å². The van der Waals surface area contributed by atoms with E-state index < -0.39 is 0 Å². The standard InChI is InChI=1S/C16H19BrN2O2/c1-4-21-14-7-5-12(6-8-14)10-19(3)16(20)15-9-13(17)11-18(15)2/h5-9,11H,4,10H2,1-3H3. The quantitative estimate of drug-likeness (QED) is 0.827. The number of hydrogen-bond acceptors (Lipinski definition) is 2. The van der Waals surface area contributed by atoms with Gasteiger partial charge < -0.3 is 14.2 Å². The van der Waals surface area contributed by atoms with Gasteiger partial charge in [-0.2, -0.15) is 0 Å². The molecular weight excluding hydrogens is 332 g/mol. The molecule has 0 fully saturated rings. The summed E-state index contributed by atoms with van der Waals surface area (Å²) in [6.45, 7) is 3.17. The van der Waals surface area contributed by atoms with Gasteiger partial charge in [-0.3, -0.25) is 4.79 Å². The van der Waals surface area contributed by atoms with Crippen LogP contribution in [0.3, 0.4) is 0 Å². The van der Waals surface area contributed by atoms with E-state index in [2.05, 4.69) is 15.9 Å². The van der Waals surface area contributed by atoms with Crippen molar-refractivity contribution >= 4 is 21.8 Å². The minimum atomic E-state index is -0.00270. The second-order valence-corrected chi connectivity index (χ2v) is 5.81. The van der Waals surface area contributed by atoms with E-state index in [1.807, 2.05) is 55.1 Å². The number of hydrogen-bond donors (Lipinski definition) is 0. The van der Waals surface area contributed by atoms with Crippen molar-refractivity contribution in [1.82, 2.24) is 9.47 Å². The molecule has 2 aromatic rings. The molecule has 5 heteroatoms. The number of carbonyl (C=O) groups excluding carboxylic acids is 1. The molecule has 21 heavy (non-hydrogen) atoms. The molecule has 0 aliphatic rings. The Hall–Kier alpha value is -1.75. The molecule has 0 aliphatic heterocycles. The van der Waals surface area contributed by atoms with Crippen molar-refractivity contribution in [3.05, 3.63) is 52.3 Å². The smallest absolute Gasteiger partial charge is 0.270 e. The summed E-state index contributed by atoms with van der Waals surface area (Å²) in [7, 11) is 3.67. The van der Waals surface area contributed by atoms with E-state index in [0.29, 0.717) is 18.8 Å². The highest BCUT2D eigenvalue weighted by Crippen LogP contribution is 2.17. The highest BCUT2D eigenvalue weighted by molar-refractivity contribution is 9.10. The first-order chi connectivity index (χ1) is 10.0. The maximum absolute atomic E-state index is 12.4. The van der Waals surface area contributed by atoms with E-state index in [9.17, 15) is 4.79 Å². The van der Waals surface area contributed by atoms with Crippen LogP contribution in [0, 0.1) is 0 Å². The Morgan fingerprint density at radius 3 is 2.52 bits per heavy atom. The van der Waals surface area contributed by atoms with Gasteiger partial charge in [-0.1, -0.05) is 12.1 Å². The highest BCUT2D eigenvalue weighted by Gasteiger charge is 2.16. The number of aromatic nitrogens is 1. The molecule has 2 rings (SSSR count). The molecule has 0 aliphatic carbocycles. The minimum absolute atomic E-state index is 0.00270. The number of nitrogens with zero attached hydrogens (tertiary/aromatic N) is 2. The number of benzene rings is 1. The lowest BCUT2D eigenvalue weighted by atomic mass is 10.2. The Balaban J connectivity index is 2.05. The van der Waals surface area contributed by atoms with E-state index in [-0.39, 0.29) is 5.91 Å². The van der Waals surface area contributed by atoms with Crippen LogP contribution >= 0.6 is 15.9 Å². The summed E-state index contributed by atoms with van der Waals surface area (Å²) >= 11 is 3.38. The van der Waals surface area contributed by atoms with Crippen molar-refractivity contribution in [1.29, 1.82) is 0 Å². The summed E-state index contributed by atoms with van der Waals surface area (Å²) in [6.07, 6.45) is 1.87. The Labute approximate surface area is 133 Å². The predicted molar refractivity (Wildman–Crippen MR) is 86.5 cm³/mol. The van der Waals surface area contributed by atoms with Gasteiger partial charge in [0.1, 0.15) is 11.4 Å². The zero-order valence-electron chi connectivity index (χ0n) is 12.5. The molecule has 1 amide bonds. The maximum Gasteiger partial charge on any atom is 0.270 e. The van der Waals surface area contributed by atoms with Gasteiger partial charge in [0.2, 0.25) is 0 Å². The van der Waals surface area contributed by atoms with Crippen LogP contribution < -0.4 is 4.74 Å². The van der Waals surface area contributed by atoms with E-state index in [0.717, 1.165) is 15.8 Å². The molecule has 1 heterocycles. The van der Waals surface area contributed by atoms with Gasteiger partial charge in [0.05, 0.1) is 6.61 Å². The van der Waals surface area contributed by atoms with Crippen LogP contribution in [-0.2, 0) is 13.6 Å². The summed E-state index contributed by atoms with van der Waals surface area (Å²) in [6, 6.07) is 9.65.